The Kier molecular flexibility index (Phi) is 11.0. The van der Waals surface area contributed by atoms with Crippen molar-refractivity contribution in [3.63, 3.8) is 0 Å². The number of hydrogen-bond acceptors (Lipinski definition) is 5. The number of carbonyl (C=O) groups excluding carboxylic acids is 3. The highest BCUT2D eigenvalue weighted by molar-refractivity contribution is 9.10. The number of thioether (sulfide) groups is 1. The predicted molar refractivity (Wildman–Crippen MR) is 188 cm³/mol. The van der Waals surface area contributed by atoms with Crippen molar-refractivity contribution in [2.75, 3.05) is 17.7 Å². The van der Waals surface area contributed by atoms with Gasteiger partial charge in [0.2, 0.25) is 5.91 Å². The number of para-hydroxylation sites is 2. The van der Waals surface area contributed by atoms with Crippen molar-refractivity contribution in [3.05, 3.63) is 160 Å². The molecule has 0 heterocycles. The van der Waals surface area contributed by atoms with Crippen LogP contribution in [0.2, 0.25) is 0 Å². The fraction of sp³-hybridized carbons (Fsp3) is 0.0541. The van der Waals surface area contributed by atoms with E-state index >= 15 is 0 Å². The molecule has 0 aliphatic heterocycles. The van der Waals surface area contributed by atoms with Gasteiger partial charge < -0.3 is 20.7 Å². The maximum atomic E-state index is 13.7. The second kappa shape index (κ2) is 15.7. The molecule has 0 bridgehead atoms. The number of hydrogen-bond donors (Lipinski definition) is 3. The van der Waals surface area contributed by atoms with Gasteiger partial charge in [0.1, 0.15) is 16.7 Å². The van der Waals surface area contributed by atoms with Gasteiger partial charge in [0.25, 0.3) is 11.8 Å². The Morgan fingerprint density at radius 3 is 2.17 bits per heavy atom. The van der Waals surface area contributed by atoms with Crippen LogP contribution in [0.25, 0.3) is 6.08 Å². The minimum Gasteiger partial charge on any atom is -0.496 e. The third-order valence-electron chi connectivity index (χ3n) is 6.79. The average Bonchev–Trinajstić information content (AvgIpc) is 3.09. The van der Waals surface area contributed by atoms with E-state index in [0.29, 0.717) is 28.3 Å². The summed E-state index contributed by atoms with van der Waals surface area (Å²) in [4.78, 5) is 41.1. The molecule has 0 aromatic heterocycles. The first-order valence-corrected chi connectivity index (χ1v) is 16.0. The SMILES string of the molecule is COc1ccccc1/C=C(/NC(=O)c1ccccc1)C(=O)Nc1cccc(SC(C(=O)Nc2ccccc2Br)c2ccccc2)c1. The fourth-order valence-electron chi connectivity index (χ4n) is 4.53. The zero-order valence-corrected chi connectivity index (χ0v) is 27.2. The molecule has 3 N–H and O–H groups in total. The van der Waals surface area contributed by atoms with Gasteiger partial charge in [-0.1, -0.05) is 84.9 Å². The number of methoxy groups -OCH3 is 1. The molecule has 0 radical (unpaired) electrons. The third kappa shape index (κ3) is 8.53. The summed E-state index contributed by atoms with van der Waals surface area (Å²) in [5.41, 5.74) is 3.06. The van der Waals surface area contributed by atoms with E-state index in [1.807, 2.05) is 78.9 Å². The van der Waals surface area contributed by atoms with Gasteiger partial charge in [0, 0.05) is 26.2 Å². The summed E-state index contributed by atoms with van der Waals surface area (Å²) < 4.78 is 6.24. The zero-order valence-electron chi connectivity index (χ0n) is 24.8. The number of anilines is 2. The summed E-state index contributed by atoms with van der Waals surface area (Å²) in [6.07, 6.45) is 1.57. The van der Waals surface area contributed by atoms with Crippen molar-refractivity contribution in [2.24, 2.45) is 0 Å². The largest absolute Gasteiger partial charge is 0.496 e. The smallest absolute Gasteiger partial charge is 0.272 e. The van der Waals surface area contributed by atoms with E-state index in [4.69, 9.17) is 4.74 Å². The van der Waals surface area contributed by atoms with Crippen LogP contribution in [-0.4, -0.2) is 24.8 Å². The second-order valence-electron chi connectivity index (χ2n) is 9.98. The average molecular weight is 693 g/mol. The lowest BCUT2D eigenvalue weighted by molar-refractivity contribution is -0.116. The molecule has 0 saturated heterocycles. The Balaban J connectivity index is 1.39. The Morgan fingerprint density at radius 2 is 1.43 bits per heavy atom. The number of rotatable bonds is 11. The van der Waals surface area contributed by atoms with Crippen LogP contribution in [-0.2, 0) is 9.59 Å². The quantitative estimate of drug-likeness (QED) is 0.0956. The number of carbonyl (C=O) groups is 3. The van der Waals surface area contributed by atoms with Crippen LogP contribution in [0.1, 0.15) is 26.7 Å². The van der Waals surface area contributed by atoms with Gasteiger partial charge in [-0.3, -0.25) is 14.4 Å². The van der Waals surface area contributed by atoms with Crippen LogP contribution >= 0.6 is 27.7 Å². The van der Waals surface area contributed by atoms with E-state index in [0.717, 1.165) is 14.9 Å². The standard InChI is InChI=1S/C37H30BrN3O4S/c1-45-33-22-11-8-17-27(33)23-32(41-35(42)26-15-6-3-7-16-26)36(43)39-28-18-12-19-29(24-28)46-34(25-13-4-2-5-14-25)37(44)40-31-21-10-9-20-30(31)38/h2-24,34H,1H3,(H,39,43)(H,40,44)(H,41,42)/b32-23+. The lowest BCUT2D eigenvalue weighted by atomic mass is 10.1. The van der Waals surface area contributed by atoms with Crippen molar-refractivity contribution in [3.8, 4) is 5.75 Å². The van der Waals surface area contributed by atoms with E-state index in [2.05, 4.69) is 31.9 Å². The number of nitrogens with one attached hydrogen (secondary N) is 3. The minimum absolute atomic E-state index is 0.0337. The molecule has 1 atom stereocenters. The van der Waals surface area contributed by atoms with Gasteiger partial charge in [0.15, 0.2) is 0 Å². The van der Waals surface area contributed by atoms with Crippen LogP contribution in [0.5, 0.6) is 5.75 Å². The van der Waals surface area contributed by atoms with Gasteiger partial charge in [-0.15, -0.1) is 11.8 Å². The summed E-state index contributed by atoms with van der Waals surface area (Å²) in [5.74, 6) is -0.595. The second-order valence-corrected chi connectivity index (χ2v) is 12.0. The summed E-state index contributed by atoms with van der Waals surface area (Å²) in [7, 11) is 1.54. The first-order valence-electron chi connectivity index (χ1n) is 14.3. The van der Waals surface area contributed by atoms with Crippen LogP contribution in [0.15, 0.2) is 149 Å². The summed E-state index contributed by atoms with van der Waals surface area (Å²) in [5, 5.41) is 8.10. The highest BCUT2D eigenvalue weighted by Crippen LogP contribution is 2.38. The first kappa shape index (κ1) is 32.3. The lowest BCUT2D eigenvalue weighted by Crippen LogP contribution is -2.30. The molecule has 0 spiro atoms. The van der Waals surface area contributed by atoms with Crippen molar-refractivity contribution >= 4 is 62.9 Å². The van der Waals surface area contributed by atoms with E-state index in [-0.39, 0.29) is 11.6 Å². The van der Waals surface area contributed by atoms with Gasteiger partial charge in [0.05, 0.1) is 12.8 Å². The highest BCUT2D eigenvalue weighted by Gasteiger charge is 2.23. The number of ether oxygens (including phenoxy) is 1. The summed E-state index contributed by atoms with van der Waals surface area (Å²) in [6, 6.07) is 40.0. The number of benzene rings is 5. The van der Waals surface area contributed by atoms with Gasteiger partial charge in [-0.25, -0.2) is 0 Å². The van der Waals surface area contributed by atoms with Gasteiger partial charge in [-0.05, 0) is 76.1 Å². The number of amides is 3. The molecule has 46 heavy (non-hydrogen) atoms. The molecule has 3 amide bonds. The van der Waals surface area contributed by atoms with E-state index < -0.39 is 17.1 Å². The molecule has 7 nitrogen and oxygen atoms in total. The van der Waals surface area contributed by atoms with E-state index in [1.54, 1.807) is 67.8 Å². The van der Waals surface area contributed by atoms with Crippen molar-refractivity contribution in [1.82, 2.24) is 5.32 Å². The molecule has 5 rings (SSSR count). The maximum absolute atomic E-state index is 13.7. The fourth-order valence-corrected chi connectivity index (χ4v) is 5.99. The monoisotopic (exact) mass is 691 g/mol. The van der Waals surface area contributed by atoms with Crippen LogP contribution in [0, 0.1) is 0 Å². The molecule has 0 aliphatic rings. The third-order valence-corrected chi connectivity index (χ3v) is 8.73. The molecule has 5 aromatic carbocycles. The Morgan fingerprint density at radius 1 is 0.761 bits per heavy atom. The van der Waals surface area contributed by atoms with E-state index in [9.17, 15) is 14.4 Å². The highest BCUT2D eigenvalue weighted by atomic mass is 79.9. The van der Waals surface area contributed by atoms with Gasteiger partial charge in [-0.2, -0.15) is 0 Å². The lowest BCUT2D eigenvalue weighted by Gasteiger charge is -2.18. The molecule has 9 heteroatoms. The topological polar surface area (TPSA) is 96.5 Å². The maximum Gasteiger partial charge on any atom is 0.272 e. The molecular weight excluding hydrogens is 662 g/mol. The normalized spacial score (nSPS) is 11.7. The summed E-state index contributed by atoms with van der Waals surface area (Å²) >= 11 is 4.86. The van der Waals surface area contributed by atoms with Crippen LogP contribution in [0.3, 0.4) is 0 Å². The van der Waals surface area contributed by atoms with Crippen molar-refractivity contribution in [1.29, 1.82) is 0 Å². The first-order chi connectivity index (χ1) is 22.4. The summed E-state index contributed by atoms with van der Waals surface area (Å²) in [6.45, 7) is 0. The Labute approximate surface area is 280 Å². The molecular formula is C37H30BrN3O4S. The Bertz CT molecular complexity index is 1870. The molecule has 0 fully saturated rings. The molecule has 5 aromatic rings. The molecule has 0 saturated carbocycles. The van der Waals surface area contributed by atoms with Crippen molar-refractivity contribution < 1.29 is 19.1 Å². The molecule has 1 unspecified atom stereocenters. The van der Waals surface area contributed by atoms with Crippen molar-refractivity contribution in [2.45, 2.75) is 10.1 Å². The predicted octanol–water partition coefficient (Wildman–Crippen LogP) is 8.34. The molecule has 230 valence electrons. The van der Waals surface area contributed by atoms with Crippen LogP contribution in [0.4, 0.5) is 11.4 Å². The van der Waals surface area contributed by atoms with Crippen LogP contribution < -0.4 is 20.7 Å². The van der Waals surface area contributed by atoms with E-state index in [1.165, 1.54) is 11.8 Å². The number of halogens is 1. The van der Waals surface area contributed by atoms with Gasteiger partial charge >= 0.3 is 0 Å². The minimum atomic E-state index is -0.578. The Hall–Kier alpha value is -5.12. The zero-order chi connectivity index (χ0) is 32.3. The molecule has 0 aliphatic carbocycles.